The molecule has 2 N–H and O–H groups in total. The fraction of sp³-hybridized carbons (Fsp3) is 0.385. The molecule has 1 amide bonds. The number of amidine groups is 1. The standard InChI is InChI=1S/C26H31N5O2S2/c32-25(28-33)23-17-27-26(34-19-23)30-12-14-31(15-13-30)35-24-8-6-21(7-9-24)22-5-3-4-20(16-22)18-29-10-1-2-11-29/h3-9,16-17,33H,1-2,10-15,18-19H2,(H,28,32). The number of likely N-dealkylation sites (tertiary alicyclic amines) is 1. The van der Waals surface area contributed by atoms with Gasteiger partial charge in [0.25, 0.3) is 5.91 Å². The van der Waals surface area contributed by atoms with E-state index >= 15 is 0 Å². The van der Waals surface area contributed by atoms with Gasteiger partial charge in [0.05, 0.1) is 0 Å². The number of amides is 1. The Bertz CT molecular complexity index is 1090. The molecule has 184 valence electrons. The maximum atomic E-state index is 11.5. The number of aliphatic imine (C=N–C) groups is 1. The summed E-state index contributed by atoms with van der Waals surface area (Å²) >= 11 is 3.35. The number of benzene rings is 2. The summed E-state index contributed by atoms with van der Waals surface area (Å²) in [4.78, 5) is 22.0. The van der Waals surface area contributed by atoms with Gasteiger partial charge < -0.3 is 4.90 Å². The summed E-state index contributed by atoms with van der Waals surface area (Å²) in [6, 6.07) is 17.9. The molecule has 35 heavy (non-hydrogen) atoms. The molecule has 3 aliphatic rings. The summed E-state index contributed by atoms with van der Waals surface area (Å²) in [6.45, 7) is 7.17. The van der Waals surface area contributed by atoms with Gasteiger partial charge in [-0.05, 0) is 72.8 Å². The first-order valence-corrected chi connectivity index (χ1v) is 13.9. The van der Waals surface area contributed by atoms with Crippen LogP contribution in [0.4, 0.5) is 0 Å². The van der Waals surface area contributed by atoms with Gasteiger partial charge >= 0.3 is 0 Å². The molecule has 0 aromatic heterocycles. The van der Waals surface area contributed by atoms with Crippen LogP contribution in [0.15, 0.2) is 70.2 Å². The Labute approximate surface area is 215 Å². The molecule has 5 rings (SSSR count). The Morgan fingerprint density at radius 3 is 2.46 bits per heavy atom. The number of hydroxylamine groups is 1. The van der Waals surface area contributed by atoms with Crippen LogP contribution >= 0.6 is 23.7 Å². The zero-order valence-electron chi connectivity index (χ0n) is 19.7. The average Bonchev–Trinajstić information content (AvgIpc) is 3.42. The van der Waals surface area contributed by atoms with E-state index in [0.29, 0.717) is 11.3 Å². The Balaban J connectivity index is 1.13. The van der Waals surface area contributed by atoms with Crippen molar-refractivity contribution < 1.29 is 10.0 Å². The molecule has 0 atom stereocenters. The van der Waals surface area contributed by atoms with Crippen LogP contribution in [0.25, 0.3) is 11.1 Å². The smallest absolute Gasteiger partial charge is 0.272 e. The molecule has 2 aromatic rings. The van der Waals surface area contributed by atoms with E-state index in [1.54, 1.807) is 23.4 Å². The normalized spacial score (nSPS) is 19.4. The van der Waals surface area contributed by atoms with Crippen molar-refractivity contribution in [2.75, 3.05) is 45.0 Å². The first kappa shape index (κ1) is 24.4. The Kier molecular flexibility index (Phi) is 8.10. The fourth-order valence-corrected chi connectivity index (χ4v) is 6.48. The molecular weight excluding hydrogens is 478 g/mol. The quantitative estimate of drug-likeness (QED) is 0.346. The number of rotatable bonds is 6. The monoisotopic (exact) mass is 509 g/mol. The first-order chi connectivity index (χ1) is 17.2. The lowest BCUT2D eigenvalue weighted by Crippen LogP contribution is -2.45. The maximum Gasteiger partial charge on any atom is 0.272 e. The number of carbonyl (C=O) groups is 1. The van der Waals surface area contributed by atoms with Gasteiger partial charge in [0.2, 0.25) is 0 Å². The van der Waals surface area contributed by atoms with Gasteiger partial charge in [-0.1, -0.05) is 42.1 Å². The molecule has 9 heteroatoms. The van der Waals surface area contributed by atoms with Crippen molar-refractivity contribution in [1.29, 1.82) is 0 Å². The Morgan fingerprint density at radius 2 is 1.77 bits per heavy atom. The maximum absolute atomic E-state index is 11.5. The lowest BCUT2D eigenvalue weighted by Gasteiger charge is -2.35. The molecule has 0 aliphatic carbocycles. The van der Waals surface area contributed by atoms with Crippen LogP contribution in [0.3, 0.4) is 0 Å². The van der Waals surface area contributed by atoms with Crippen molar-refractivity contribution in [2.45, 2.75) is 24.3 Å². The predicted molar refractivity (Wildman–Crippen MR) is 143 cm³/mol. The zero-order valence-corrected chi connectivity index (χ0v) is 21.4. The van der Waals surface area contributed by atoms with Gasteiger partial charge in [-0.15, -0.1) is 0 Å². The number of nitrogens with one attached hydrogen (secondary N) is 1. The van der Waals surface area contributed by atoms with E-state index in [9.17, 15) is 4.79 Å². The third kappa shape index (κ3) is 6.29. The molecule has 0 saturated carbocycles. The van der Waals surface area contributed by atoms with Crippen molar-refractivity contribution >= 4 is 34.8 Å². The van der Waals surface area contributed by atoms with E-state index < -0.39 is 5.91 Å². The van der Waals surface area contributed by atoms with Crippen LogP contribution in [-0.2, 0) is 11.3 Å². The number of hydrogen-bond donors (Lipinski definition) is 2. The molecular formula is C26H31N5O2S2. The third-order valence-corrected chi connectivity index (χ3v) is 8.73. The topological polar surface area (TPSA) is 71.4 Å². The molecule has 3 aliphatic heterocycles. The molecule has 7 nitrogen and oxygen atoms in total. The van der Waals surface area contributed by atoms with Crippen molar-refractivity contribution in [1.82, 2.24) is 19.6 Å². The zero-order chi connectivity index (χ0) is 24.0. The molecule has 2 saturated heterocycles. The second-order valence-electron chi connectivity index (χ2n) is 9.01. The second-order valence-corrected chi connectivity index (χ2v) is 11.1. The van der Waals surface area contributed by atoms with E-state index in [2.05, 4.69) is 67.6 Å². The predicted octanol–water partition coefficient (Wildman–Crippen LogP) is 4.07. The lowest BCUT2D eigenvalue weighted by atomic mass is 10.0. The number of piperazine rings is 1. The highest BCUT2D eigenvalue weighted by molar-refractivity contribution is 8.14. The Hall–Kier alpha value is -2.30. The highest BCUT2D eigenvalue weighted by Gasteiger charge is 2.23. The number of carbonyl (C=O) groups excluding carboxylic acids is 1. The summed E-state index contributed by atoms with van der Waals surface area (Å²) in [6.07, 6.45) is 4.21. The van der Waals surface area contributed by atoms with E-state index in [1.807, 2.05) is 11.9 Å². The minimum Gasteiger partial charge on any atom is -0.349 e. The van der Waals surface area contributed by atoms with E-state index in [-0.39, 0.29) is 0 Å². The van der Waals surface area contributed by atoms with Gasteiger partial charge in [-0.3, -0.25) is 14.9 Å². The minimum atomic E-state index is -0.484. The molecule has 0 bridgehead atoms. The SMILES string of the molecule is O=C(NO)C1=CN=C(N2CCN(Sc3ccc(-c4cccc(CN5CCCC5)c4)cc3)CC2)SC1. The van der Waals surface area contributed by atoms with Gasteiger partial charge in [0.15, 0.2) is 5.17 Å². The van der Waals surface area contributed by atoms with Crippen molar-refractivity contribution in [3.8, 4) is 11.1 Å². The number of thioether (sulfide) groups is 1. The summed E-state index contributed by atoms with van der Waals surface area (Å²) in [5.41, 5.74) is 6.09. The van der Waals surface area contributed by atoms with Gasteiger partial charge in [-0.2, -0.15) is 0 Å². The summed E-state index contributed by atoms with van der Waals surface area (Å²) < 4.78 is 2.40. The van der Waals surface area contributed by atoms with Crippen molar-refractivity contribution in [2.24, 2.45) is 4.99 Å². The summed E-state index contributed by atoms with van der Waals surface area (Å²) in [5.74, 6) is 0.0376. The molecule has 2 aromatic carbocycles. The summed E-state index contributed by atoms with van der Waals surface area (Å²) in [5, 5.41) is 9.71. The van der Waals surface area contributed by atoms with Crippen molar-refractivity contribution in [3.05, 3.63) is 65.9 Å². The summed E-state index contributed by atoms with van der Waals surface area (Å²) in [7, 11) is 0. The number of hydrogen-bond acceptors (Lipinski definition) is 8. The van der Waals surface area contributed by atoms with Crippen LogP contribution in [0, 0.1) is 0 Å². The average molecular weight is 510 g/mol. The van der Waals surface area contributed by atoms with Crippen LogP contribution in [-0.4, -0.2) is 75.4 Å². The highest BCUT2D eigenvalue weighted by atomic mass is 32.2. The molecule has 0 radical (unpaired) electrons. The Morgan fingerprint density at radius 1 is 1.00 bits per heavy atom. The number of nitrogens with zero attached hydrogens (tertiary/aromatic N) is 4. The van der Waals surface area contributed by atoms with Gasteiger partial charge in [0.1, 0.15) is 0 Å². The van der Waals surface area contributed by atoms with Crippen LogP contribution in [0.2, 0.25) is 0 Å². The molecule has 2 fully saturated rings. The third-order valence-electron chi connectivity index (χ3n) is 6.54. The van der Waals surface area contributed by atoms with Gasteiger partial charge in [0, 0.05) is 55.1 Å². The highest BCUT2D eigenvalue weighted by Crippen LogP contribution is 2.29. The van der Waals surface area contributed by atoms with Crippen LogP contribution in [0.1, 0.15) is 18.4 Å². The fourth-order valence-electron chi connectivity index (χ4n) is 4.60. The van der Waals surface area contributed by atoms with Gasteiger partial charge in [-0.25, -0.2) is 14.8 Å². The first-order valence-electron chi connectivity index (χ1n) is 12.1. The van der Waals surface area contributed by atoms with E-state index in [4.69, 9.17) is 5.21 Å². The molecule has 0 unspecified atom stereocenters. The molecule has 3 heterocycles. The lowest BCUT2D eigenvalue weighted by molar-refractivity contribution is -0.125. The van der Waals surface area contributed by atoms with Crippen molar-refractivity contribution in [3.63, 3.8) is 0 Å². The van der Waals surface area contributed by atoms with Crippen LogP contribution < -0.4 is 5.48 Å². The minimum absolute atomic E-state index is 0.484. The molecule has 0 spiro atoms. The van der Waals surface area contributed by atoms with E-state index in [0.717, 1.165) is 37.9 Å². The van der Waals surface area contributed by atoms with E-state index in [1.165, 1.54) is 47.5 Å². The largest absolute Gasteiger partial charge is 0.349 e. The van der Waals surface area contributed by atoms with Crippen LogP contribution in [0.5, 0.6) is 0 Å². The second kappa shape index (κ2) is 11.6.